The molecule has 1 amide bonds. The molecule has 0 aromatic heterocycles. The first kappa shape index (κ1) is 16.5. The molecule has 2 heterocycles. The first-order chi connectivity index (χ1) is 11.7. The maximum absolute atomic E-state index is 12.5. The molecule has 0 unspecified atom stereocenters. The van der Waals surface area contributed by atoms with E-state index in [2.05, 4.69) is 45.3 Å². The molecule has 0 radical (unpaired) electrons. The second-order valence-electron chi connectivity index (χ2n) is 6.44. The molecule has 0 atom stereocenters. The number of hydrogen-bond donors (Lipinski definition) is 0. The molecule has 3 rings (SSSR count). The molecule has 126 valence electrons. The first-order valence-electron chi connectivity index (χ1n) is 8.68. The van der Waals surface area contributed by atoms with Crippen LogP contribution in [0.3, 0.4) is 0 Å². The fraction of sp³-hybridized carbons (Fsp3) is 0.526. The number of carbonyl (C=O) groups is 1. The third-order valence-corrected chi connectivity index (χ3v) is 4.76. The second kappa shape index (κ2) is 7.48. The van der Waals surface area contributed by atoms with Crippen LogP contribution >= 0.6 is 0 Å². The number of anilines is 1. The lowest BCUT2D eigenvalue weighted by molar-refractivity contribution is -0.131. The van der Waals surface area contributed by atoms with E-state index in [1.54, 1.807) is 0 Å². The zero-order valence-corrected chi connectivity index (χ0v) is 14.0. The van der Waals surface area contributed by atoms with E-state index in [9.17, 15) is 4.79 Å². The van der Waals surface area contributed by atoms with Gasteiger partial charge in [0.2, 0.25) is 5.91 Å². The van der Waals surface area contributed by atoms with Gasteiger partial charge in [0.1, 0.15) is 0 Å². The van der Waals surface area contributed by atoms with Gasteiger partial charge in [-0.05, 0) is 18.6 Å². The van der Waals surface area contributed by atoms with Gasteiger partial charge in [-0.2, -0.15) is 10.2 Å². The number of nitrogens with zero attached hydrogens (tertiary/aromatic N) is 4. The van der Waals surface area contributed by atoms with Crippen LogP contribution in [0, 0.1) is 12.3 Å². The topological polar surface area (TPSA) is 48.3 Å². The summed E-state index contributed by atoms with van der Waals surface area (Å²) in [6.45, 7) is 3.48. The summed E-state index contributed by atoms with van der Waals surface area (Å²) >= 11 is 0. The normalized spacial score (nSPS) is 18.8. The van der Waals surface area contributed by atoms with Crippen LogP contribution in [0.2, 0.25) is 0 Å². The van der Waals surface area contributed by atoms with Crippen LogP contribution in [0.15, 0.2) is 40.6 Å². The van der Waals surface area contributed by atoms with E-state index in [1.165, 1.54) is 5.69 Å². The van der Waals surface area contributed by atoms with Crippen molar-refractivity contribution in [2.45, 2.75) is 37.8 Å². The van der Waals surface area contributed by atoms with Gasteiger partial charge < -0.3 is 9.80 Å². The molecule has 2 aliphatic rings. The first-order valence-corrected chi connectivity index (χ1v) is 8.68. The van der Waals surface area contributed by atoms with Crippen molar-refractivity contribution < 1.29 is 4.79 Å². The van der Waals surface area contributed by atoms with Crippen molar-refractivity contribution in [2.24, 2.45) is 10.2 Å². The molecule has 1 aromatic carbocycles. The highest BCUT2D eigenvalue weighted by atomic mass is 16.2. The van der Waals surface area contributed by atoms with E-state index in [-0.39, 0.29) is 11.6 Å². The predicted molar refractivity (Wildman–Crippen MR) is 94.7 cm³/mol. The van der Waals surface area contributed by atoms with E-state index in [0.717, 1.165) is 39.0 Å². The predicted octanol–water partition coefficient (Wildman–Crippen LogP) is 3.08. The van der Waals surface area contributed by atoms with Crippen molar-refractivity contribution in [3.05, 3.63) is 30.3 Å². The molecule has 24 heavy (non-hydrogen) atoms. The van der Waals surface area contributed by atoms with E-state index in [0.29, 0.717) is 19.3 Å². The van der Waals surface area contributed by atoms with Gasteiger partial charge in [0.15, 0.2) is 5.66 Å². The Labute approximate surface area is 143 Å². The number of para-hydroxylation sites is 1. The Balaban J connectivity index is 1.47. The third kappa shape index (κ3) is 4.14. The van der Waals surface area contributed by atoms with Crippen molar-refractivity contribution in [2.75, 3.05) is 31.1 Å². The van der Waals surface area contributed by atoms with Crippen LogP contribution in [-0.2, 0) is 4.79 Å². The molecular weight excluding hydrogens is 300 g/mol. The summed E-state index contributed by atoms with van der Waals surface area (Å²) in [5, 5.41) is 8.22. The molecule has 5 nitrogen and oxygen atoms in total. The van der Waals surface area contributed by atoms with Crippen LogP contribution in [0.25, 0.3) is 0 Å². The van der Waals surface area contributed by atoms with Crippen LogP contribution in [0.5, 0.6) is 0 Å². The van der Waals surface area contributed by atoms with E-state index in [4.69, 9.17) is 6.42 Å². The summed E-state index contributed by atoms with van der Waals surface area (Å²) in [7, 11) is 0. The summed E-state index contributed by atoms with van der Waals surface area (Å²) in [5.41, 5.74) is 0.875. The maximum Gasteiger partial charge on any atom is 0.222 e. The molecule has 5 heteroatoms. The van der Waals surface area contributed by atoms with Gasteiger partial charge in [0.25, 0.3) is 0 Å². The van der Waals surface area contributed by atoms with Crippen LogP contribution in [0.4, 0.5) is 5.69 Å². The minimum Gasteiger partial charge on any atom is -0.370 e. The van der Waals surface area contributed by atoms with Gasteiger partial charge in [-0.25, -0.2) is 0 Å². The lowest BCUT2D eigenvalue weighted by Crippen LogP contribution is -2.35. The molecule has 2 aliphatic heterocycles. The standard InChI is InChI=1S/C19H24N4O/c1-2-3-11-19(20-21-19)12-10-18(24)23-14-7-13-22(15-16-23)17-8-5-4-6-9-17/h1,4-6,8-9H,3,7,10-16H2. The number of rotatable bonds is 6. The Morgan fingerprint density at radius 2 is 1.92 bits per heavy atom. The lowest BCUT2D eigenvalue weighted by atomic mass is 10.0. The minimum atomic E-state index is -0.357. The zero-order valence-electron chi connectivity index (χ0n) is 14.0. The van der Waals surface area contributed by atoms with Gasteiger partial charge in [-0.3, -0.25) is 4.79 Å². The molecule has 0 saturated carbocycles. The van der Waals surface area contributed by atoms with Crippen molar-refractivity contribution in [3.63, 3.8) is 0 Å². The minimum absolute atomic E-state index is 0.210. The fourth-order valence-electron chi connectivity index (χ4n) is 3.20. The summed E-state index contributed by atoms with van der Waals surface area (Å²) in [6, 6.07) is 10.4. The average Bonchev–Trinajstić information content (AvgIpc) is 3.42. The highest BCUT2D eigenvalue weighted by molar-refractivity contribution is 5.76. The molecule has 1 fully saturated rings. The van der Waals surface area contributed by atoms with Gasteiger partial charge in [-0.15, -0.1) is 12.3 Å². The van der Waals surface area contributed by atoms with Crippen molar-refractivity contribution >= 4 is 11.6 Å². The zero-order chi connectivity index (χ0) is 16.8. The second-order valence-corrected chi connectivity index (χ2v) is 6.44. The van der Waals surface area contributed by atoms with Gasteiger partial charge >= 0.3 is 0 Å². The third-order valence-electron chi connectivity index (χ3n) is 4.76. The van der Waals surface area contributed by atoms with E-state index in [1.807, 2.05) is 11.0 Å². The number of hydrogen-bond acceptors (Lipinski definition) is 4. The fourth-order valence-corrected chi connectivity index (χ4v) is 3.20. The SMILES string of the molecule is C#CCCC1(CCC(=O)N2CCCN(c3ccccc3)CC2)N=N1. The Bertz CT molecular complexity index is 629. The largest absolute Gasteiger partial charge is 0.370 e. The van der Waals surface area contributed by atoms with E-state index < -0.39 is 0 Å². The van der Waals surface area contributed by atoms with Crippen molar-refractivity contribution in [1.82, 2.24) is 4.90 Å². The number of carbonyl (C=O) groups excluding carboxylic acids is 1. The quantitative estimate of drug-likeness (QED) is 0.755. The number of benzene rings is 1. The highest BCUT2D eigenvalue weighted by Gasteiger charge is 2.39. The van der Waals surface area contributed by atoms with Gasteiger partial charge in [-0.1, -0.05) is 18.2 Å². The lowest BCUT2D eigenvalue weighted by Gasteiger charge is -2.24. The van der Waals surface area contributed by atoms with Crippen LogP contribution in [-0.4, -0.2) is 42.6 Å². The van der Waals surface area contributed by atoms with Crippen molar-refractivity contribution in [1.29, 1.82) is 0 Å². The summed E-state index contributed by atoms with van der Waals surface area (Å²) in [5.74, 6) is 2.83. The molecule has 1 saturated heterocycles. The van der Waals surface area contributed by atoms with Gasteiger partial charge in [0, 0.05) is 57.5 Å². The van der Waals surface area contributed by atoms with E-state index >= 15 is 0 Å². The monoisotopic (exact) mass is 324 g/mol. The summed E-state index contributed by atoms with van der Waals surface area (Å²) in [4.78, 5) is 16.9. The Hall–Kier alpha value is -2.35. The van der Waals surface area contributed by atoms with Crippen molar-refractivity contribution in [3.8, 4) is 12.3 Å². The average molecular weight is 324 g/mol. The Kier molecular flexibility index (Phi) is 5.14. The molecule has 0 aliphatic carbocycles. The Morgan fingerprint density at radius 1 is 1.12 bits per heavy atom. The van der Waals surface area contributed by atoms with Crippen LogP contribution < -0.4 is 4.90 Å². The smallest absolute Gasteiger partial charge is 0.222 e. The molecule has 0 spiro atoms. The number of terminal acetylenes is 1. The Morgan fingerprint density at radius 3 is 2.62 bits per heavy atom. The molecular formula is C19H24N4O. The molecule has 1 aromatic rings. The number of amides is 1. The highest BCUT2D eigenvalue weighted by Crippen LogP contribution is 2.37. The summed E-state index contributed by atoms with van der Waals surface area (Å²) in [6.07, 6.45) is 8.92. The van der Waals surface area contributed by atoms with Crippen LogP contribution in [0.1, 0.15) is 32.1 Å². The van der Waals surface area contributed by atoms with Gasteiger partial charge in [0.05, 0.1) is 0 Å². The maximum atomic E-state index is 12.5. The molecule has 0 bridgehead atoms. The summed E-state index contributed by atoms with van der Waals surface area (Å²) < 4.78 is 0. The molecule has 0 N–H and O–H groups in total.